The van der Waals surface area contributed by atoms with Crippen molar-refractivity contribution in [3.63, 3.8) is 0 Å². The van der Waals surface area contributed by atoms with E-state index >= 15 is 0 Å². The lowest BCUT2D eigenvalue weighted by molar-refractivity contribution is -0.122. The number of ether oxygens (including phenoxy) is 1. The number of anilines is 1. The number of fused-ring (bicyclic) bond motifs is 1. The van der Waals surface area contributed by atoms with Gasteiger partial charge in [-0.3, -0.25) is 9.69 Å². The highest BCUT2D eigenvalue weighted by Crippen LogP contribution is 2.41. The fraction of sp³-hybridized carbons (Fsp3) is 0.429. The van der Waals surface area contributed by atoms with Crippen LogP contribution in [0.15, 0.2) is 24.3 Å². The molecule has 2 N–H and O–H groups in total. The summed E-state index contributed by atoms with van der Waals surface area (Å²) in [4.78, 5) is 27.8. The molecule has 1 aromatic carbocycles. The highest BCUT2D eigenvalue weighted by molar-refractivity contribution is 6.06. The van der Waals surface area contributed by atoms with Crippen LogP contribution < -0.4 is 10.6 Å². The van der Waals surface area contributed by atoms with Gasteiger partial charge in [-0.05, 0) is 13.0 Å². The van der Waals surface area contributed by atoms with Crippen molar-refractivity contribution < 1.29 is 14.3 Å². The average Bonchev–Trinajstić information content (AvgIpc) is 2.95. The average molecular weight is 312 g/mol. The maximum absolute atomic E-state index is 12.6. The first kappa shape index (κ1) is 15.6. The van der Waals surface area contributed by atoms with E-state index in [1.165, 1.54) is 4.90 Å². The molecular weight excluding hydrogens is 294 g/mol. The molecule has 2 unspecified atom stereocenters. The zero-order valence-corrected chi connectivity index (χ0v) is 12.5. The van der Waals surface area contributed by atoms with Crippen LogP contribution in [0.2, 0.25) is 0 Å². The van der Waals surface area contributed by atoms with E-state index in [-0.39, 0.29) is 37.5 Å². The first-order valence-corrected chi connectivity index (χ1v) is 6.74. The fourth-order valence-corrected chi connectivity index (χ4v) is 2.93. The van der Waals surface area contributed by atoms with Gasteiger partial charge >= 0.3 is 6.09 Å². The summed E-state index contributed by atoms with van der Waals surface area (Å²) in [6.45, 7) is 3.01. The Hall–Kier alpha value is -1.79. The van der Waals surface area contributed by atoms with Crippen molar-refractivity contribution in [3.05, 3.63) is 29.8 Å². The molecule has 21 heavy (non-hydrogen) atoms. The van der Waals surface area contributed by atoms with Crippen molar-refractivity contribution in [2.75, 3.05) is 24.6 Å². The van der Waals surface area contributed by atoms with Gasteiger partial charge in [0.25, 0.3) is 5.91 Å². The number of carbonyl (C=O) groups is 2. The minimum absolute atomic E-state index is 0. The van der Waals surface area contributed by atoms with Crippen LogP contribution >= 0.6 is 12.4 Å². The number of nitrogens with two attached hydrogens (primary N) is 1. The Labute approximate surface area is 129 Å². The highest BCUT2D eigenvalue weighted by Gasteiger charge is 2.47. The van der Waals surface area contributed by atoms with E-state index < -0.39 is 12.1 Å². The molecule has 0 aromatic heterocycles. The minimum Gasteiger partial charge on any atom is -0.447 e. The Kier molecular flexibility index (Phi) is 4.39. The molecule has 7 heteroatoms. The van der Waals surface area contributed by atoms with Gasteiger partial charge in [-0.1, -0.05) is 18.2 Å². The molecule has 6 nitrogen and oxygen atoms in total. The van der Waals surface area contributed by atoms with Gasteiger partial charge in [0.1, 0.15) is 12.6 Å². The summed E-state index contributed by atoms with van der Waals surface area (Å²) in [5.74, 6) is -0.0917. The van der Waals surface area contributed by atoms with Gasteiger partial charge in [0.05, 0.1) is 6.04 Å². The molecule has 1 fully saturated rings. The largest absolute Gasteiger partial charge is 0.447 e. The minimum atomic E-state index is -0.616. The molecule has 2 heterocycles. The maximum atomic E-state index is 12.6. The molecule has 0 saturated carbocycles. The third-order valence-corrected chi connectivity index (χ3v) is 3.89. The maximum Gasteiger partial charge on any atom is 0.411 e. The Morgan fingerprint density at radius 3 is 2.71 bits per heavy atom. The van der Waals surface area contributed by atoms with Gasteiger partial charge in [-0.25, -0.2) is 4.79 Å². The molecule has 2 atom stereocenters. The molecular formula is C14H18ClN3O3. The number of hydrogen-bond acceptors (Lipinski definition) is 4. The molecule has 2 aliphatic heterocycles. The Balaban J connectivity index is 0.00000161. The van der Waals surface area contributed by atoms with Crippen LogP contribution in [0.4, 0.5) is 10.5 Å². The van der Waals surface area contributed by atoms with Crippen LogP contribution in [0.1, 0.15) is 18.5 Å². The Morgan fingerprint density at radius 2 is 2.05 bits per heavy atom. The summed E-state index contributed by atoms with van der Waals surface area (Å²) in [6.07, 6.45) is -0.466. The van der Waals surface area contributed by atoms with Crippen LogP contribution in [0.3, 0.4) is 0 Å². The number of benzene rings is 1. The number of nitrogens with zero attached hydrogens (tertiary/aromatic N) is 2. The summed E-state index contributed by atoms with van der Waals surface area (Å²) in [7, 11) is 0. The molecule has 0 aliphatic carbocycles. The Bertz CT molecular complexity index is 566. The van der Waals surface area contributed by atoms with Gasteiger partial charge < -0.3 is 15.4 Å². The molecule has 0 radical (unpaired) electrons. The van der Waals surface area contributed by atoms with Gasteiger partial charge in [0, 0.05) is 24.3 Å². The molecule has 0 spiro atoms. The molecule has 2 aliphatic rings. The van der Waals surface area contributed by atoms with Crippen molar-refractivity contribution in [1.82, 2.24) is 4.90 Å². The van der Waals surface area contributed by atoms with E-state index in [1.807, 2.05) is 31.2 Å². The van der Waals surface area contributed by atoms with Crippen LogP contribution in [-0.4, -0.2) is 42.6 Å². The number of carbonyl (C=O) groups excluding carboxylic acids is 2. The number of amides is 2. The van der Waals surface area contributed by atoms with Crippen LogP contribution in [0.25, 0.3) is 0 Å². The van der Waals surface area contributed by atoms with E-state index in [0.717, 1.165) is 11.3 Å². The van der Waals surface area contributed by atoms with E-state index in [0.29, 0.717) is 6.54 Å². The van der Waals surface area contributed by atoms with E-state index in [1.54, 1.807) is 4.90 Å². The number of rotatable bonds is 3. The van der Waals surface area contributed by atoms with Crippen LogP contribution in [0, 0.1) is 0 Å². The highest BCUT2D eigenvalue weighted by atomic mass is 35.5. The summed E-state index contributed by atoms with van der Waals surface area (Å²) in [5.41, 5.74) is 7.39. The smallest absolute Gasteiger partial charge is 0.411 e. The lowest BCUT2D eigenvalue weighted by atomic mass is 10.1. The third kappa shape index (κ3) is 2.24. The van der Waals surface area contributed by atoms with E-state index in [2.05, 4.69) is 0 Å². The van der Waals surface area contributed by atoms with E-state index in [9.17, 15) is 9.59 Å². The van der Waals surface area contributed by atoms with Crippen molar-refractivity contribution in [1.29, 1.82) is 0 Å². The zero-order chi connectivity index (χ0) is 14.3. The normalized spacial score (nSPS) is 23.9. The second kappa shape index (κ2) is 5.91. The summed E-state index contributed by atoms with van der Waals surface area (Å²) >= 11 is 0. The lowest BCUT2D eigenvalue weighted by Gasteiger charge is -2.26. The fourth-order valence-electron chi connectivity index (χ4n) is 2.93. The number of hydrogen-bond donors (Lipinski definition) is 1. The monoisotopic (exact) mass is 311 g/mol. The molecule has 0 bridgehead atoms. The van der Waals surface area contributed by atoms with Gasteiger partial charge in [0.2, 0.25) is 0 Å². The van der Waals surface area contributed by atoms with Gasteiger partial charge in [0.15, 0.2) is 0 Å². The van der Waals surface area contributed by atoms with E-state index in [4.69, 9.17) is 10.5 Å². The zero-order valence-electron chi connectivity index (χ0n) is 11.7. The van der Waals surface area contributed by atoms with Crippen LogP contribution in [-0.2, 0) is 9.53 Å². The molecule has 2 amide bonds. The van der Waals surface area contributed by atoms with Crippen molar-refractivity contribution in [2.24, 2.45) is 5.73 Å². The summed E-state index contributed by atoms with van der Waals surface area (Å²) in [5, 5.41) is 0. The Morgan fingerprint density at radius 1 is 1.33 bits per heavy atom. The molecule has 114 valence electrons. The number of cyclic esters (lactones) is 1. The summed E-state index contributed by atoms with van der Waals surface area (Å²) < 4.78 is 5.05. The molecule has 3 rings (SSSR count). The standard InChI is InChI=1S/C14H17N3O3.ClH/c1-2-16-11-6-4-3-5-10(11)12(13(16)18)17-9(7-15)8-20-14(17)19;/h3-6,9,12H,2,7-8,15H2,1H3;1H. The number of likely N-dealkylation sites (N-methyl/N-ethyl adjacent to an activating group) is 1. The predicted octanol–water partition coefficient (Wildman–Crippen LogP) is 1.30. The first-order valence-electron chi connectivity index (χ1n) is 6.74. The topological polar surface area (TPSA) is 75.9 Å². The first-order chi connectivity index (χ1) is 9.69. The quantitative estimate of drug-likeness (QED) is 0.913. The molecule has 1 saturated heterocycles. The second-order valence-corrected chi connectivity index (χ2v) is 4.92. The molecule has 1 aromatic rings. The number of halogens is 1. The van der Waals surface area contributed by atoms with Crippen LogP contribution in [0.5, 0.6) is 0 Å². The predicted molar refractivity (Wildman–Crippen MR) is 80.5 cm³/mol. The van der Waals surface area contributed by atoms with Crippen molar-refractivity contribution in [3.8, 4) is 0 Å². The van der Waals surface area contributed by atoms with Gasteiger partial charge in [-0.2, -0.15) is 0 Å². The lowest BCUT2D eigenvalue weighted by Crippen LogP contribution is -2.45. The van der Waals surface area contributed by atoms with Gasteiger partial charge in [-0.15, -0.1) is 12.4 Å². The van der Waals surface area contributed by atoms with Crippen molar-refractivity contribution >= 4 is 30.1 Å². The van der Waals surface area contributed by atoms with Crippen molar-refractivity contribution in [2.45, 2.75) is 19.0 Å². The summed E-state index contributed by atoms with van der Waals surface area (Å²) in [6, 6.07) is 6.68. The second-order valence-electron chi connectivity index (χ2n) is 4.92. The SMILES string of the molecule is CCN1C(=O)C(N2C(=O)OCC2CN)c2ccccc21.Cl. The number of para-hydroxylation sites is 1. The third-order valence-electron chi connectivity index (χ3n) is 3.89.